The maximum atomic E-state index is 6.21. The maximum absolute atomic E-state index is 6.21. The van der Waals surface area contributed by atoms with Gasteiger partial charge in [0.2, 0.25) is 0 Å². The summed E-state index contributed by atoms with van der Waals surface area (Å²) in [5.74, 6) is 0. The lowest BCUT2D eigenvalue weighted by atomic mass is 10.1. The monoisotopic (exact) mass is 284 g/mol. The van der Waals surface area contributed by atoms with E-state index in [2.05, 4.69) is 17.2 Å². The molecule has 0 saturated carbocycles. The molecule has 0 fully saturated rings. The zero-order valence-electron chi connectivity index (χ0n) is 9.98. The number of aryl methyl sites for hydroxylation is 1. The van der Waals surface area contributed by atoms with Crippen molar-refractivity contribution < 1.29 is 0 Å². The summed E-state index contributed by atoms with van der Waals surface area (Å²) in [5, 5.41) is 9.06. The summed E-state index contributed by atoms with van der Waals surface area (Å²) in [4.78, 5) is 0. The number of benzene rings is 1. The highest BCUT2D eigenvalue weighted by atomic mass is 35.5. The lowest BCUT2D eigenvalue weighted by Gasteiger charge is -2.14. The fourth-order valence-corrected chi connectivity index (χ4v) is 2.33. The molecule has 0 saturated heterocycles. The van der Waals surface area contributed by atoms with Crippen LogP contribution in [0.25, 0.3) is 0 Å². The Morgan fingerprint density at radius 2 is 2.17 bits per heavy atom. The Kier molecular flexibility index (Phi) is 4.22. The van der Waals surface area contributed by atoms with Gasteiger partial charge in [0.1, 0.15) is 0 Å². The van der Waals surface area contributed by atoms with Crippen LogP contribution < -0.4 is 5.73 Å². The van der Waals surface area contributed by atoms with Crippen molar-refractivity contribution in [3.8, 4) is 0 Å². The SMILES string of the molecule is CCCn1nncc1C(N)c1ccc(Cl)cc1Cl. The molecule has 0 amide bonds. The van der Waals surface area contributed by atoms with E-state index in [1.807, 2.05) is 6.07 Å². The van der Waals surface area contributed by atoms with E-state index < -0.39 is 0 Å². The minimum atomic E-state index is -0.351. The van der Waals surface area contributed by atoms with Crippen LogP contribution in [0.4, 0.5) is 0 Å². The molecule has 1 atom stereocenters. The Labute approximate surface area is 116 Å². The number of nitrogens with two attached hydrogens (primary N) is 1. The van der Waals surface area contributed by atoms with Crippen LogP contribution in [0.5, 0.6) is 0 Å². The molecule has 1 unspecified atom stereocenters. The Balaban J connectivity index is 2.35. The van der Waals surface area contributed by atoms with Gasteiger partial charge in [-0.15, -0.1) is 5.10 Å². The van der Waals surface area contributed by atoms with Gasteiger partial charge in [0, 0.05) is 16.6 Å². The number of nitrogens with zero attached hydrogens (tertiary/aromatic N) is 3. The van der Waals surface area contributed by atoms with Gasteiger partial charge in [-0.25, -0.2) is 4.68 Å². The van der Waals surface area contributed by atoms with E-state index in [1.54, 1.807) is 23.0 Å². The van der Waals surface area contributed by atoms with Crippen molar-refractivity contribution in [3.05, 3.63) is 45.7 Å². The van der Waals surface area contributed by atoms with Crippen LogP contribution in [-0.4, -0.2) is 15.0 Å². The van der Waals surface area contributed by atoms with Crippen LogP contribution in [0.15, 0.2) is 24.4 Å². The molecule has 2 N–H and O–H groups in total. The Morgan fingerprint density at radius 3 is 2.83 bits per heavy atom. The first kappa shape index (κ1) is 13.3. The van der Waals surface area contributed by atoms with Crippen LogP contribution in [0.2, 0.25) is 10.0 Å². The summed E-state index contributed by atoms with van der Waals surface area (Å²) in [6.07, 6.45) is 2.64. The molecule has 18 heavy (non-hydrogen) atoms. The predicted molar refractivity (Wildman–Crippen MR) is 72.8 cm³/mol. The van der Waals surface area contributed by atoms with Crippen LogP contribution in [-0.2, 0) is 6.54 Å². The smallest absolute Gasteiger partial charge is 0.0800 e. The summed E-state index contributed by atoms with van der Waals surface area (Å²) in [6, 6.07) is 4.94. The molecular formula is C12H14Cl2N4. The van der Waals surface area contributed by atoms with Crippen molar-refractivity contribution in [3.63, 3.8) is 0 Å². The summed E-state index contributed by atoms with van der Waals surface area (Å²) in [6.45, 7) is 2.86. The lowest BCUT2D eigenvalue weighted by molar-refractivity contribution is 0.543. The van der Waals surface area contributed by atoms with Crippen molar-refractivity contribution in [2.24, 2.45) is 5.73 Å². The number of halogens is 2. The topological polar surface area (TPSA) is 56.7 Å². The minimum Gasteiger partial charge on any atom is -0.319 e. The van der Waals surface area contributed by atoms with Gasteiger partial charge >= 0.3 is 0 Å². The summed E-state index contributed by atoms with van der Waals surface area (Å²) in [5.41, 5.74) is 7.88. The van der Waals surface area contributed by atoms with Gasteiger partial charge in [-0.05, 0) is 24.1 Å². The zero-order chi connectivity index (χ0) is 13.1. The molecule has 2 rings (SSSR count). The molecule has 0 aliphatic rings. The standard InChI is InChI=1S/C12H14Cl2N4/c1-2-5-18-11(7-16-17-18)12(15)9-4-3-8(13)6-10(9)14/h3-4,6-7,12H,2,5,15H2,1H3. The van der Waals surface area contributed by atoms with E-state index in [4.69, 9.17) is 28.9 Å². The summed E-state index contributed by atoms with van der Waals surface area (Å²) in [7, 11) is 0. The third kappa shape index (κ3) is 2.66. The van der Waals surface area contributed by atoms with Gasteiger partial charge in [-0.2, -0.15) is 0 Å². The number of hydrogen-bond donors (Lipinski definition) is 1. The normalized spacial score (nSPS) is 12.7. The second-order valence-electron chi connectivity index (χ2n) is 4.03. The fraction of sp³-hybridized carbons (Fsp3) is 0.333. The molecule has 6 heteroatoms. The predicted octanol–water partition coefficient (Wildman–Crippen LogP) is 3.04. The molecule has 4 nitrogen and oxygen atoms in total. The second kappa shape index (κ2) is 5.69. The summed E-state index contributed by atoms with van der Waals surface area (Å²) >= 11 is 12.0. The van der Waals surface area contributed by atoms with Gasteiger partial charge in [0.15, 0.2) is 0 Å². The summed E-state index contributed by atoms with van der Waals surface area (Å²) < 4.78 is 1.80. The van der Waals surface area contributed by atoms with Gasteiger partial charge in [-0.3, -0.25) is 0 Å². The zero-order valence-corrected chi connectivity index (χ0v) is 11.5. The van der Waals surface area contributed by atoms with E-state index >= 15 is 0 Å². The highest BCUT2D eigenvalue weighted by Crippen LogP contribution is 2.28. The van der Waals surface area contributed by atoms with Gasteiger partial charge in [0.05, 0.1) is 17.9 Å². The van der Waals surface area contributed by atoms with Gasteiger partial charge < -0.3 is 5.73 Å². The molecule has 96 valence electrons. The van der Waals surface area contributed by atoms with E-state index in [0.29, 0.717) is 10.0 Å². The Morgan fingerprint density at radius 1 is 1.39 bits per heavy atom. The van der Waals surface area contributed by atoms with Crippen molar-refractivity contribution >= 4 is 23.2 Å². The van der Waals surface area contributed by atoms with Crippen molar-refractivity contribution in [2.45, 2.75) is 25.9 Å². The fourth-order valence-electron chi connectivity index (χ4n) is 1.81. The quantitative estimate of drug-likeness (QED) is 0.939. The first-order valence-electron chi connectivity index (χ1n) is 5.72. The van der Waals surface area contributed by atoms with Crippen LogP contribution >= 0.6 is 23.2 Å². The van der Waals surface area contributed by atoms with E-state index in [-0.39, 0.29) is 6.04 Å². The molecule has 0 radical (unpaired) electrons. The molecule has 1 aromatic heterocycles. The second-order valence-corrected chi connectivity index (χ2v) is 4.87. The molecule has 0 aliphatic heterocycles. The van der Waals surface area contributed by atoms with E-state index in [0.717, 1.165) is 24.2 Å². The highest BCUT2D eigenvalue weighted by molar-refractivity contribution is 6.35. The van der Waals surface area contributed by atoms with E-state index in [1.165, 1.54) is 0 Å². The molecule has 1 aromatic carbocycles. The van der Waals surface area contributed by atoms with Crippen molar-refractivity contribution in [2.75, 3.05) is 0 Å². The van der Waals surface area contributed by atoms with Crippen LogP contribution in [0.3, 0.4) is 0 Å². The van der Waals surface area contributed by atoms with Crippen LogP contribution in [0.1, 0.15) is 30.6 Å². The largest absolute Gasteiger partial charge is 0.319 e. The van der Waals surface area contributed by atoms with Crippen LogP contribution in [0, 0.1) is 0 Å². The van der Waals surface area contributed by atoms with E-state index in [9.17, 15) is 0 Å². The minimum absolute atomic E-state index is 0.351. The van der Waals surface area contributed by atoms with Gasteiger partial charge in [-0.1, -0.05) is 41.4 Å². The first-order chi connectivity index (χ1) is 8.63. The highest BCUT2D eigenvalue weighted by Gasteiger charge is 2.17. The van der Waals surface area contributed by atoms with Crippen molar-refractivity contribution in [1.29, 1.82) is 0 Å². The lowest BCUT2D eigenvalue weighted by Crippen LogP contribution is -2.18. The molecule has 0 bridgehead atoms. The number of aromatic nitrogens is 3. The Hall–Kier alpha value is -1.10. The third-order valence-corrected chi connectivity index (χ3v) is 3.26. The number of hydrogen-bond acceptors (Lipinski definition) is 3. The number of rotatable bonds is 4. The van der Waals surface area contributed by atoms with Gasteiger partial charge in [0.25, 0.3) is 0 Å². The molecule has 2 aromatic rings. The first-order valence-corrected chi connectivity index (χ1v) is 6.48. The van der Waals surface area contributed by atoms with Crippen molar-refractivity contribution in [1.82, 2.24) is 15.0 Å². The molecular weight excluding hydrogens is 271 g/mol. The average Bonchev–Trinajstić information content (AvgIpc) is 2.77. The third-order valence-electron chi connectivity index (χ3n) is 2.70. The average molecular weight is 285 g/mol. The Bertz CT molecular complexity index is 539. The molecule has 1 heterocycles. The maximum Gasteiger partial charge on any atom is 0.0800 e. The molecule has 0 aliphatic carbocycles. The molecule has 0 spiro atoms.